The molecule has 0 radical (unpaired) electrons. The van der Waals surface area contributed by atoms with Gasteiger partial charge in [0.05, 0.1) is 12.6 Å². The Kier molecular flexibility index (Phi) is 15.9. The summed E-state index contributed by atoms with van der Waals surface area (Å²) in [5, 5.41) is 6.33. The van der Waals surface area contributed by atoms with Crippen molar-refractivity contribution in [1.29, 1.82) is 0 Å². The smallest absolute Gasteiger partial charge is 0.870 e. The van der Waals surface area contributed by atoms with Crippen molar-refractivity contribution in [2.45, 2.75) is 123 Å². The van der Waals surface area contributed by atoms with E-state index in [1.165, 1.54) is 11.7 Å². The molecular weight excluding hydrogens is 611 g/mol. The first kappa shape index (κ1) is 38.7. The molecule has 0 aliphatic carbocycles. The number of piperidine rings is 1. The van der Waals surface area contributed by atoms with Gasteiger partial charge in [-0.25, -0.2) is 11.1 Å². The van der Waals surface area contributed by atoms with Gasteiger partial charge < -0.3 is 30.5 Å². The van der Waals surface area contributed by atoms with E-state index in [0.29, 0.717) is 48.6 Å². The van der Waals surface area contributed by atoms with Crippen molar-refractivity contribution >= 4 is 41.0 Å². The number of nitrogens with one attached hydrogen (secondary N) is 2. The molecule has 1 aliphatic rings. The van der Waals surface area contributed by atoms with Crippen molar-refractivity contribution in [3.63, 3.8) is 0 Å². The average molecular weight is 666 g/mol. The maximum absolute atomic E-state index is 14.1. The number of ether oxygens (including phenoxy) is 1. The van der Waals surface area contributed by atoms with Gasteiger partial charge >= 0.3 is 35.7 Å². The Bertz CT molecular complexity index is 1390. The third-order valence-corrected chi connectivity index (χ3v) is 8.33. The quantitative estimate of drug-likeness (QED) is 0.245. The normalized spacial score (nSPS) is 18.7. The number of carbonyl (C=O) groups excluding carboxylic acids is 5. The van der Waals surface area contributed by atoms with Gasteiger partial charge in [-0.1, -0.05) is 71.2 Å². The van der Waals surface area contributed by atoms with Crippen molar-refractivity contribution in [3.05, 3.63) is 36.0 Å². The van der Waals surface area contributed by atoms with E-state index in [-0.39, 0.29) is 85.1 Å². The van der Waals surface area contributed by atoms with Crippen LogP contribution in [-0.2, 0) is 30.3 Å². The zero-order valence-corrected chi connectivity index (χ0v) is 30.8. The molecule has 5 atom stereocenters. The van der Waals surface area contributed by atoms with Gasteiger partial charge in [0.1, 0.15) is 6.04 Å². The molecule has 0 saturated carbocycles. The Morgan fingerprint density at radius 3 is 2.32 bits per heavy atom. The van der Waals surface area contributed by atoms with E-state index < -0.39 is 35.9 Å². The molecule has 0 spiro atoms. The Morgan fingerprint density at radius 1 is 1.09 bits per heavy atom. The molecule has 3 N–H and O–H groups in total. The summed E-state index contributed by atoms with van der Waals surface area (Å²) in [6, 6.07) is 4.58. The molecular formula is C35H52N4NaO7-. The Hall–Kier alpha value is -2.73. The molecule has 12 heteroatoms. The van der Waals surface area contributed by atoms with Crippen molar-refractivity contribution < 1.29 is 66.5 Å². The van der Waals surface area contributed by atoms with E-state index in [4.69, 9.17) is 7.48 Å². The topological polar surface area (TPSA) is 157 Å². The maximum atomic E-state index is 14.1. The van der Waals surface area contributed by atoms with Gasteiger partial charge in [0.25, 0.3) is 0 Å². The summed E-state index contributed by atoms with van der Waals surface area (Å²) in [6.45, 7) is 7.97. The fourth-order valence-electron chi connectivity index (χ4n) is 6.11. The van der Waals surface area contributed by atoms with Crippen LogP contribution in [0.25, 0.3) is 10.9 Å². The number of hydrogen-bond donors (Lipinski definition) is 2. The van der Waals surface area contributed by atoms with Gasteiger partial charge in [-0.2, -0.15) is 0 Å². The van der Waals surface area contributed by atoms with Crippen LogP contribution in [0.5, 0.6) is 0 Å². The second kappa shape index (κ2) is 19.3. The second-order valence-corrected chi connectivity index (χ2v) is 13.3. The summed E-state index contributed by atoms with van der Waals surface area (Å²) in [7, 11) is 1.28. The summed E-state index contributed by atoms with van der Waals surface area (Å²) >= 11 is 0. The Morgan fingerprint density at radius 2 is 1.74 bits per heavy atom. The van der Waals surface area contributed by atoms with Gasteiger partial charge in [0.15, 0.2) is 0 Å². The maximum Gasteiger partial charge on any atom is 1.00 e. The number of aromatic nitrogens is 1. The number of unbranched alkanes of at least 4 members (excludes halogenated alkanes) is 1. The molecule has 1 unspecified atom stereocenters. The molecule has 3 amide bonds. The van der Waals surface area contributed by atoms with Crippen molar-refractivity contribution in [1.82, 2.24) is 20.1 Å². The minimum absolute atomic E-state index is 0. The first-order valence-corrected chi connectivity index (χ1v) is 15.9. The number of nitrogens with zero attached hydrogens (tertiary/aromatic N) is 2. The molecule has 0 bridgehead atoms. The molecule has 1 aromatic heterocycles. The standard InChI is InChI=1S/C35H51N4O6.Na.H2O/c1-8-9-15-27(22-40)36-33(43)29(18-26-21-38(34(44)45-7)30-17-11-10-16-28(26)30)37-32(42)25(20-35(4,5)6)19-31(41)39-23(2)13-12-14-24(39)3;;/h10-11,16-17,21,23-25,27,29H,8-9,12-15,18-20H2,1-7H3,(H,36,43)(H,37,42);;1H2/q-1;+1;/p-1/t23-,24+,25-,27+,29?;;/m0../s1/i2D,3D;;. The number of likely N-dealkylation sites (tertiary alicyclic amines) is 1. The fraction of sp³-hybridized carbons (Fsp3) is 0.629. The minimum Gasteiger partial charge on any atom is -0.870 e. The third-order valence-electron chi connectivity index (χ3n) is 8.33. The zero-order valence-electron chi connectivity index (χ0n) is 30.8. The number of carbonyl (C=O) groups is 4. The van der Waals surface area contributed by atoms with Crippen LogP contribution in [0.15, 0.2) is 30.5 Å². The largest absolute Gasteiger partial charge is 1.00 e. The molecule has 1 saturated heterocycles. The number of hydrogen-bond acceptors (Lipinski definition) is 7. The molecule has 2 aromatic rings. The minimum atomic E-state index is -1.13. The third kappa shape index (κ3) is 11.7. The predicted octanol–water partition coefficient (Wildman–Crippen LogP) is 2.13. The predicted molar refractivity (Wildman–Crippen MR) is 176 cm³/mol. The number of amides is 3. The van der Waals surface area contributed by atoms with Crippen molar-refractivity contribution in [2.24, 2.45) is 11.3 Å². The number of benzene rings is 1. The Balaban J connectivity index is 0.00000600. The van der Waals surface area contributed by atoms with E-state index in [0.717, 1.165) is 12.8 Å². The van der Waals surface area contributed by atoms with Crippen LogP contribution in [0.4, 0.5) is 4.79 Å². The van der Waals surface area contributed by atoms with E-state index in [2.05, 4.69) is 10.6 Å². The van der Waals surface area contributed by atoms with Crippen LogP contribution in [0.1, 0.15) is 101 Å². The second-order valence-electron chi connectivity index (χ2n) is 13.3. The average Bonchev–Trinajstić information content (AvgIpc) is 3.42. The van der Waals surface area contributed by atoms with Gasteiger partial charge in [0, 0.05) is 45.2 Å². The van der Waals surface area contributed by atoms with E-state index in [9.17, 15) is 24.0 Å². The molecule has 47 heavy (non-hydrogen) atoms. The zero-order chi connectivity index (χ0) is 34.7. The first-order chi connectivity index (χ1) is 22.4. The van der Waals surface area contributed by atoms with Crippen molar-refractivity contribution in [2.75, 3.05) is 7.11 Å². The number of para-hydroxylation sites is 1. The van der Waals surface area contributed by atoms with Crippen molar-refractivity contribution in [3.8, 4) is 0 Å². The van der Waals surface area contributed by atoms with Crippen LogP contribution in [0.2, 0.25) is 0 Å². The summed E-state index contributed by atoms with van der Waals surface area (Å²) in [5.41, 5.74) is 0.851. The first-order valence-electron chi connectivity index (χ1n) is 17.3. The van der Waals surface area contributed by atoms with Crippen LogP contribution in [0, 0.1) is 11.3 Å². The van der Waals surface area contributed by atoms with Crippen LogP contribution < -0.4 is 40.2 Å². The number of rotatable bonds is 13. The molecule has 1 aliphatic heterocycles. The van der Waals surface area contributed by atoms with E-state index in [1.54, 1.807) is 23.2 Å². The summed E-state index contributed by atoms with van der Waals surface area (Å²) in [6.07, 6.45) is 7.27. The molecule has 1 aromatic carbocycles. The molecule has 3 rings (SSSR count). The van der Waals surface area contributed by atoms with Crippen LogP contribution in [0.3, 0.4) is 0 Å². The summed E-state index contributed by atoms with van der Waals surface area (Å²) in [5.74, 6) is -2.10. The van der Waals surface area contributed by atoms with E-state index in [1.807, 2.05) is 46.1 Å². The number of fused-ring (bicyclic) bond motifs is 1. The summed E-state index contributed by atoms with van der Waals surface area (Å²) < 4.78 is 22.3. The molecule has 256 valence electrons. The fourth-order valence-corrected chi connectivity index (χ4v) is 6.11. The van der Waals surface area contributed by atoms with Gasteiger partial charge in [0.2, 0.25) is 17.7 Å². The van der Waals surface area contributed by atoms with Crippen LogP contribution >= 0.6 is 0 Å². The monoisotopic (exact) mass is 665 g/mol. The number of methoxy groups -OCH3 is 1. The SMILES string of the molecule is [2H]C[C@@H]1CCC[C@H](C[2H])N1C(=O)C[C@@H](CC(C)(C)C)C(=O)NC(Cc1cn(C(=O)OC)c2ccccc12)C(=O)N[C@@H]([C-]=O)CCCC.[Na+].[OH-]. The van der Waals surface area contributed by atoms with Gasteiger partial charge in [-0.3, -0.25) is 19.0 Å². The van der Waals surface area contributed by atoms with Crippen LogP contribution in [-0.4, -0.2) is 76.3 Å². The molecule has 2 heterocycles. The molecule has 11 nitrogen and oxygen atoms in total. The van der Waals surface area contributed by atoms with E-state index >= 15 is 0 Å². The summed E-state index contributed by atoms with van der Waals surface area (Å²) in [4.78, 5) is 67.6. The molecule has 1 fully saturated rings. The Labute approximate surface area is 304 Å². The van der Waals surface area contributed by atoms with Gasteiger partial charge in [-0.15, -0.1) is 0 Å². The van der Waals surface area contributed by atoms with Gasteiger partial charge in [-0.05, 0) is 56.5 Å².